The van der Waals surface area contributed by atoms with Crippen molar-refractivity contribution in [1.29, 1.82) is 0 Å². The molecule has 2 rings (SSSR count). The molecule has 1 fully saturated rings. The molecule has 1 heterocycles. The van der Waals surface area contributed by atoms with E-state index in [1.54, 1.807) is 0 Å². The summed E-state index contributed by atoms with van der Waals surface area (Å²) in [5.41, 5.74) is 2.37. The molecule has 1 aromatic rings. The fourth-order valence-electron chi connectivity index (χ4n) is 3.15. The molecule has 23 heavy (non-hydrogen) atoms. The van der Waals surface area contributed by atoms with Gasteiger partial charge in [0.2, 0.25) is 0 Å². The van der Waals surface area contributed by atoms with Gasteiger partial charge in [0.15, 0.2) is 0 Å². The van der Waals surface area contributed by atoms with Crippen LogP contribution in [0.15, 0.2) is 24.3 Å². The van der Waals surface area contributed by atoms with Gasteiger partial charge < -0.3 is 14.9 Å². The molecule has 0 radical (unpaired) electrons. The molecule has 0 aromatic heterocycles. The molecule has 1 aromatic carbocycles. The van der Waals surface area contributed by atoms with Gasteiger partial charge in [0.05, 0.1) is 18.3 Å². The zero-order valence-electron chi connectivity index (χ0n) is 14.2. The highest BCUT2D eigenvalue weighted by Crippen LogP contribution is 2.25. The van der Waals surface area contributed by atoms with Crippen LogP contribution in [-0.2, 0) is 17.7 Å². The number of nitrogens with zero attached hydrogens (tertiary/aromatic N) is 1. The van der Waals surface area contributed by atoms with Gasteiger partial charge in [-0.05, 0) is 30.4 Å². The summed E-state index contributed by atoms with van der Waals surface area (Å²) in [6, 6.07) is 8.38. The van der Waals surface area contributed by atoms with Gasteiger partial charge in [0.1, 0.15) is 6.10 Å². The lowest BCUT2D eigenvalue weighted by Gasteiger charge is -2.37. The minimum Gasteiger partial charge on any atom is -0.390 e. The van der Waals surface area contributed by atoms with E-state index in [4.69, 9.17) is 10.6 Å². The Hall–Kier alpha value is -0.980. The Bertz CT molecular complexity index is 466. The maximum Gasteiger partial charge on any atom is 0.106 e. The van der Waals surface area contributed by atoms with Crippen LogP contribution in [0, 0.1) is 0 Å². The Morgan fingerprint density at radius 3 is 2.43 bits per heavy atom. The quantitative estimate of drug-likeness (QED) is 0.525. The highest BCUT2D eigenvalue weighted by atomic mass is 16.5. The van der Waals surface area contributed by atoms with E-state index >= 15 is 0 Å². The van der Waals surface area contributed by atoms with Crippen LogP contribution < -0.4 is 5.84 Å². The second kappa shape index (κ2) is 8.76. The van der Waals surface area contributed by atoms with E-state index in [1.165, 1.54) is 11.1 Å². The zero-order valence-corrected chi connectivity index (χ0v) is 14.2. The monoisotopic (exact) mass is 322 g/mol. The summed E-state index contributed by atoms with van der Waals surface area (Å²) in [6.07, 6.45) is 1.19. The lowest BCUT2D eigenvalue weighted by Crippen LogP contribution is -2.48. The molecule has 5 nitrogen and oxygen atoms in total. The van der Waals surface area contributed by atoms with Crippen molar-refractivity contribution in [3.8, 4) is 0 Å². The predicted molar refractivity (Wildman–Crippen MR) is 90.6 cm³/mol. The number of hydrogen-bond acceptors (Lipinski definition) is 5. The molecule has 0 aliphatic carbocycles. The lowest BCUT2D eigenvalue weighted by atomic mass is 9.93. The van der Waals surface area contributed by atoms with Gasteiger partial charge in [-0.3, -0.25) is 5.84 Å². The van der Waals surface area contributed by atoms with Crippen LogP contribution in [0.3, 0.4) is 0 Å². The molecule has 0 spiro atoms. The molecule has 4 N–H and O–H groups in total. The first-order chi connectivity index (χ1) is 11.0. The van der Waals surface area contributed by atoms with Crippen LogP contribution in [0.25, 0.3) is 0 Å². The summed E-state index contributed by atoms with van der Waals surface area (Å²) in [4.78, 5) is 0. The highest BCUT2D eigenvalue weighted by molar-refractivity contribution is 5.23. The Labute approximate surface area is 139 Å². The molecule has 0 amide bonds. The van der Waals surface area contributed by atoms with Crippen molar-refractivity contribution < 1.29 is 14.9 Å². The van der Waals surface area contributed by atoms with E-state index in [9.17, 15) is 10.2 Å². The zero-order chi connectivity index (χ0) is 16.8. The topological polar surface area (TPSA) is 79.0 Å². The average molecular weight is 322 g/mol. The third-order valence-corrected chi connectivity index (χ3v) is 4.43. The Morgan fingerprint density at radius 2 is 1.83 bits per heavy atom. The number of hydrazine groups is 1. The standard InChI is InChI=1S/C18H30N2O3/c1-3-9-20(19)12-14-7-5-13(6-8-14)10-15-11-16(21)18(22)17(4-2)23-15/h5-8,15-18,21-22H,3-4,9-12,19H2,1-2H3. The summed E-state index contributed by atoms with van der Waals surface area (Å²) in [7, 11) is 0. The van der Waals surface area contributed by atoms with Crippen LogP contribution in [0.5, 0.6) is 0 Å². The Kier molecular flexibility index (Phi) is 6.99. The van der Waals surface area contributed by atoms with Gasteiger partial charge in [-0.25, -0.2) is 5.01 Å². The van der Waals surface area contributed by atoms with E-state index in [0.29, 0.717) is 12.8 Å². The average Bonchev–Trinajstić information content (AvgIpc) is 2.53. The van der Waals surface area contributed by atoms with Crippen molar-refractivity contribution in [1.82, 2.24) is 5.01 Å². The first kappa shape index (κ1) is 18.4. The van der Waals surface area contributed by atoms with Crippen molar-refractivity contribution in [3.63, 3.8) is 0 Å². The maximum absolute atomic E-state index is 9.97. The number of hydrogen-bond donors (Lipinski definition) is 3. The van der Waals surface area contributed by atoms with Crippen molar-refractivity contribution >= 4 is 0 Å². The normalized spacial score (nSPS) is 28.3. The van der Waals surface area contributed by atoms with Crippen LogP contribution in [0.1, 0.15) is 44.2 Å². The molecule has 5 heteroatoms. The molecule has 1 saturated heterocycles. The summed E-state index contributed by atoms with van der Waals surface area (Å²) in [6.45, 7) is 5.71. The van der Waals surface area contributed by atoms with Crippen LogP contribution >= 0.6 is 0 Å². The van der Waals surface area contributed by atoms with Crippen LogP contribution in [-0.4, -0.2) is 46.2 Å². The minimum atomic E-state index is -0.771. The molecule has 4 unspecified atom stereocenters. The number of ether oxygens (including phenoxy) is 1. The fraction of sp³-hybridized carbons (Fsp3) is 0.667. The molecular formula is C18H30N2O3. The SMILES string of the molecule is CCCN(N)Cc1ccc(CC2CC(O)C(O)C(CC)O2)cc1. The lowest BCUT2D eigenvalue weighted by molar-refractivity contribution is -0.168. The maximum atomic E-state index is 9.97. The van der Waals surface area contributed by atoms with Crippen molar-refractivity contribution in [2.45, 2.75) is 70.5 Å². The number of rotatable bonds is 7. The molecular weight excluding hydrogens is 292 g/mol. The number of aliphatic hydroxyl groups is 2. The second-order valence-electron chi connectivity index (χ2n) is 6.49. The first-order valence-corrected chi connectivity index (χ1v) is 8.62. The molecule has 1 aliphatic rings. The van der Waals surface area contributed by atoms with E-state index in [-0.39, 0.29) is 12.2 Å². The number of nitrogens with two attached hydrogens (primary N) is 1. The summed E-state index contributed by atoms with van der Waals surface area (Å²) in [5, 5.41) is 21.7. The highest BCUT2D eigenvalue weighted by Gasteiger charge is 2.35. The Balaban J connectivity index is 1.90. The molecule has 0 saturated carbocycles. The van der Waals surface area contributed by atoms with Gasteiger partial charge >= 0.3 is 0 Å². The van der Waals surface area contributed by atoms with Crippen molar-refractivity contribution in [3.05, 3.63) is 35.4 Å². The van der Waals surface area contributed by atoms with E-state index in [1.807, 2.05) is 11.9 Å². The summed E-state index contributed by atoms with van der Waals surface area (Å²) < 4.78 is 5.91. The van der Waals surface area contributed by atoms with Crippen molar-refractivity contribution in [2.24, 2.45) is 5.84 Å². The van der Waals surface area contributed by atoms with E-state index in [2.05, 4.69) is 31.2 Å². The molecule has 130 valence electrons. The van der Waals surface area contributed by atoms with Gasteiger partial charge in [-0.15, -0.1) is 0 Å². The largest absolute Gasteiger partial charge is 0.390 e. The summed E-state index contributed by atoms with van der Waals surface area (Å²) >= 11 is 0. The minimum absolute atomic E-state index is 0.0460. The number of benzene rings is 1. The fourth-order valence-corrected chi connectivity index (χ4v) is 3.15. The smallest absolute Gasteiger partial charge is 0.106 e. The predicted octanol–water partition coefficient (Wildman–Crippen LogP) is 1.60. The van der Waals surface area contributed by atoms with Gasteiger partial charge in [0.25, 0.3) is 0 Å². The molecule has 0 bridgehead atoms. The van der Waals surface area contributed by atoms with Gasteiger partial charge in [-0.2, -0.15) is 0 Å². The third-order valence-electron chi connectivity index (χ3n) is 4.43. The Morgan fingerprint density at radius 1 is 1.17 bits per heavy atom. The van der Waals surface area contributed by atoms with E-state index < -0.39 is 12.2 Å². The van der Waals surface area contributed by atoms with Gasteiger partial charge in [0, 0.05) is 19.5 Å². The third kappa shape index (κ3) is 5.26. The van der Waals surface area contributed by atoms with E-state index in [0.717, 1.165) is 25.9 Å². The van der Waals surface area contributed by atoms with Crippen LogP contribution in [0.2, 0.25) is 0 Å². The van der Waals surface area contributed by atoms with Crippen LogP contribution in [0.4, 0.5) is 0 Å². The molecule has 4 atom stereocenters. The van der Waals surface area contributed by atoms with Crippen molar-refractivity contribution in [2.75, 3.05) is 6.54 Å². The molecule has 1 aliphatic heterocycles. The van der Waals surface area contributed by atoms with Gasteiger partial charge in [-0.1, -0.05) is 38.1 Å². The second-order valence-corrected chi connectivity index (χ2v) is 6.49. The number of aliphatic hydroxyl groups excluding tert-OH is 2. The summed E-state index contributed by atoms with van der Waals surface area (Å²) in [5.74, 6) is 5.92. The first-order valence-electron chi connectivity index (χ1n) is 8.62.